The van der Waals surface area contributed by atoms with E-state index in [0.29, 0.717) is 24.5 Å². The fourth-order valence-electron chi connectivity index (χ4n) is 2.28. The van der Waals surface area contributed by atoms with E-state index in [1.165, 1.54) is 0 Å². The lowest BCUT2D eigenvalue weighted by Crippen LogP contribution is -2.41. The van der Waals surface area contributed by atoms with E-state index >= 15 is 0 Å². The number of halogens is 1. The number of nitrogens with one attached hydrogen (secondary N) is 2. The standard InChI is InChI=1S/C19H21ClN2O2/c1-14(16-5-3-2-4-6-16)13-22-19(24)18(23)21-12-11-15-7-9-17(20)10-8-15/h2-10,14H,11-13H2,1H3,(H,21,23)(H,22,24)/t14-/m1/s1. The number of hydrogen-bond acceptors (Lipinski definition) is 2. The fourth-order valence-corrected chi connectivity index (χ4v) is 2.40. The summed E-state index contributed by atoms with van der Waals surface area (Å²) >= 11 is 5.82. The molecule has 0 bridgehead atoms. The molecule has 126 valence electrons. The zero-order valence-electron chi connectivity index (χ0n) is 13.6. The van der Waals surface area contributed by atoms with Crippen LogP contribution in [0.3, 0.4) is 0 Å². The van der Waals surface area contributed by atoms with E-state index in [1.54, 1.807) is 12.1 Å². The Balaban J connectivity index is 1.70. The smallest absolute Gasteiger partial charge is 0.309 e. The maximum absolute atomic E-state index is 11.8. The van der Waals surface area contributed by atoms with Gasteiger partial charge in [0.25, 0.3) is 0 Å². The average Bonchev–Trinajstić information content (AvgIpc) is 2.61. The first-order valence-corrected chi connectivity index (χ1v) is 8.29. The summed E-state index contributed by atoms with van der Waals surface area (Å²) in [6, 6.07) is 17.3. The Morgan fingerprint density at radius 3 is 2.25 bits per heavy atom. The summed E-state index contributed by atoms with van der Waals surface area (Å²) in [5.74, 6) is -1.06. The van der Waals surface area contributed by atoms with Crippen molar-refractivity contribution >= 4 is 23.4 Å². The van der Waals surface area contributed by atoms with Gasteiger partial charge in [-0.15, -0.1) is 0 Å². The number of carbonyl (C=O) groups excluding carboxylic acids is 2. The molecule has 2 aromatic rings. The van der Waals surface area contributed by atoms with Crippen molar-refractivity contribution in [2.24, 2.45) is 0 Å². The molecule has 2 N–H and O–H groups in total. The van der Waals surface area contributed by atoms with Crippen molar-refractivity contribution in [3.63, 3.8) is 0 Å². The van der Waals surface area contributed by atoms with Crippen LogP contribution in [-0.4, -0.2) is 24.9 Å². The second kappa shape index (κ2) is 9.08. The fraction of sp³-hybridized carbons (Fsp3) is 0.263. The summed E-state index contributed by atoms with van der Waals surface area (Å²) in [7, 11) is 0. The van der Waals surface area contributed by atoms with Crippen LogP contribution in [0.5, 0.6) is 0 Å². The predicted octanol–water partition coefficient (Wildman–Crippen LogP) is 2.92. The number of benzene rings is 2. The van der Waals surface area contributed by atoms with Gasteiger partial charge >= 0.3 is 11.8 Å². The molecule has 0 fully saturated rings. The minimum Gasteiger partial charge on any atom is -0.348 e. The van der Waals surface area contributed by atoms with Gasteiger partial charge in [-0.05, 0) is 35.6 Å². The van der Waals surface area contributed by atoms with Crippen LogP contribution in [0.15, 0.2) is 54.6 Å². The maximum Gasteiger partial charge on any atom is 0.309 e. The topological polar surface area (TPSA) is 58.2 Å². The molecule has 0 unspecified atom stereocenters. The number of rotatable bonds is 6. The molecule has 0 saturated heterocycles. The zero-order chi connectivity index (χ0) is 17.4. The van der Waals surface area contributed by atoms with Gasteiger partial charge < -0.3 is 10.6 Å². The van der Waals surface area contributed by atoms with E-state index < -0.39 is 11.8 Å². The van der Waals surface area contributed by atoms with Gasteiger partial charge in [-0.2, -0.15) is 0 Å². The van der Waals surface area contributed by atoms with Gasteiger partial charge in [0.2, 0.25) is 0 Å². The summed E-state index contributed by atoms with van der Waals surface area (Å²) in [6.45, 7) is 2.84. The highest BCUT2D eigenvalue weighted by Crippen LogP contribution is 2.13. The molecular weight excluding hydrogens is 324 g/mol. The Hall–Kier alpha value is -2.33. The van der Waals surface area contributed by atoms with E-state index in [9.17, 15) is 9.59 Å². The van der Waals surface area contributed by atoms with Crippen LogP contribution in [0.1, 0.15) is 24.0 Å². The van der Waals surface area contributed by atoms with Gasteiger partial charge in [0.05, 0.1) is 0 Å². The third-order valence-corrected chi connectivity index (χ3v) is 4.01. The Morgan fingerprint density at radius 1 is 0.958 bits per heavy atom. The minimum atomic E-state index is -0.607. The van der Waals surface area contributed by atoms with Crippen molar-refractivity contribution in [1.29, 1.82) is 0 Å². The summed E-state index contributed by atoms with van der Waals surface area (Å²) < 4.78 is 0. The lowest BCUT2D eigenvalue weighted by atomic mass is 10.0. The molecule has 0 radical (unpaired) electrons. The second-order valence-corrected chi connectivity index (χ2v) is 6.09. The first-order chi connectivity index (χ1) is 11.6. The monoisotopic (exact) mass is 344 g/mol. The van der Waals surface area contributed by atoms with Gasteiger partial charge in [-0.25, -0.2) is 0 Å². The molecule has 0 heterocycles. The second-order valence-electron chi connectivity index (χ2n) is 5.65. The van der Waals surface area contributed by atoms with E-state index in [-0.39, 0.29) is 5.92 Å². The molecule has 5 heteroatoms. The molecule has 0 aliphatic rings. The van der Waals surface area contributed by atoms with Crippen molar-refractivity contribution in [1.82, 2.24) is 10.6 Å². The van der Waals surface area contributed by atoms with Crippen molar-refractivity contribution in [2.75, 3.05) is 13.1 Å². The van der Waals surface area contributed by atoms with Gasteiger partial charge in [0.1, 0.15) is 0 Å². The molecule has 0 aliphatic carbocycles. The van der Waals surface area contributed by atoms with E-state index in [0.717, 1.165) is 11.1 Å². The van der Waals surface area contributed by atoms with E-state index in [2.05, 4.69) is 10.6 Å². The van der Waals surface area contributed by atoms with Crippen LogP contribution in [-0.2, 0) is 16.0 Å². The molecule has 0 spiro atoms. The van der Waals surface area contributed by atoms with Crippen LogP contribution < -0.4 is 10.6 Å². The first-order valence-electron chi connectivity index (χ1n) is 7.91. The summed E-state index contributed by atoms with van der Waals surface area (Å²) in [5, 5.41) is 5.97. The highest BCUT2D eigenvalue weighted by atomic mass is 35.5. The molecule has 2 rings (SSSR count). The quantitative estimate of drug-likeness (QED) is 0.792. The highest BCUT2D eigenvalue weighted by Gasteiger charge is 2.14. The number of carbonyl (C=O) groups is 2. The van der Waals surface area contributed by atoms with Crippen molar-refractivity contribution < 1.29 is 9.59 Å². The number of amides is 2. The van der Waals surface area contributed by atoms with E-state index in [4.69, 9.17) is 11.6 Å². The van der Waals surface area contributed by atoms with Crippen molar-refractivity contribution in [3.05, 3.63) is 70.7 Å². The zero-order valence-corrected chi connectivity index (χ0v) is 14.3. The molecule has 0 aromatic heterocycles. The third kappa shape index (κ3) is 5.70. The van der Waals surface area contributed by atoms with E-state index in [1.807, 2.05) is 49.4 Å². The van der Waals surface area contributed by atoms with Gasteiger partial charge in [-0.3, -0.25) is 9.59 Å². The lowest BCUT2D eigenvalue weighted by Gasteiger charge is -2.13. The largest absolute Gasteiger partial charge is 0.348 e. The Bertz CT molecular complexity index is 672. The maximum atomic E-state index is 11.8. The van der Waals surface area contributed by atoms with Gasteiger partial charge in [0.15, 0.2) is 0 Å². The predicted molar refractivity (Wildman–Crippen MR) is 96.0 cm³/mol. The average molecular weight is 345 g/mol. The van der Waals surface area contributed by atoms with Crippen LogP contribution >= 0.6 is 11.6 Å². The normalized spacial score (nSPS) is 11.6. The van der Waals surface area contributed by atoms with Gasteiger partial charge in [-0.1, -0.05) is 61.0 Å². The molecule has 0 saturated carbocycles. The first kappa shape index (κ1) is 18.0. The van der Waals surface area contributed by atoms with Crippen LogP contribution in [0.2, 0.25) is 5.02 Å². The molecule has 4 nitrogen and oxygen atoms in total. The molecular formula is C19H21ClN2O2. The lowest BCUT2D eigenvalue weighted by molar-refractivity contribution is -0.139. The Kier molecular flexibility index (Phi) is 6.82. The van der Waals surface area contributed by atoms with Crippen LogP contribution in [0.25, 0.3) is 0 Å². The Morgan fingerprint density at radius 2 is 1.58 bits per heavy atom. The van der Waals surface area contributed by atoms with Crippen LogP contribution in [0, 0.1) is 0 Å². The summed E-state index contributed by atoms with van der Waals surface area (Å²) in [6.07, 6.45) is 0.649. The Labute approximate surface area is 147 Å². The summed E-state index contributed by atoms with van der Waals surface area (Å²) in [4.78, 5) is 23.6. The SMILES string of the molecule is C[C@H](CNC(=O)C(=O)NCCc1ccc(Cl)cc1)c1ccccc1. The van der Waals surface area contributed by atoms with Crippen LogP contribution in [0.4, 0.5) is 0 Å². The number of hydrogen-bond donors (Lipinski definition) is 2. The summed E-state index contributed by atoms with van der Waals surface area (Å²) in [5.41, 5.74) is 2.18. The minimum absolute atomic E-state index is 0.150. The molecule has 2 amide bonds. The molecule has 24 heavy (non-hydrogen) atoms. The molecule has 1 atom stereocenters. The molecule has 2 aromatic carbocycles. The molecule has 0 aliphatic heterocycles. The van der Waals surface area contributed by atoms with Crippen molar-refractivity contribution in [3.8, 4) is 0 Å². The van der Waals surface area contributed by atoms with Crippen molar-refractivity contribution in [2.45, 2.75) is 19.3 Å². The van der Waals surface area contributed by atoms with Gasteiger partial charge in [0, 0.05) is 18.1 Å². The third-order valence-electron chi connectivity index (χ3n) is 3.76. The highest BCUT2D eigenvalue weighted by molar-refractivity contribution is 6.35.